The smallest absolute Gasteiger partial charge is 0.523 e. The van der Waals surface area contributed by atoms with Crippen LogP contribution in [0.3, 0.4) is 0 Å². The van der Waals surface area contributed by atoms with Gasteiger partial charge in [0.2, 0.25) is 0 Å². The maximum atomic E-state index is 11.6. The normalized spacial score (nSPS) is 14.1. The van der Waals surface area contributed by atoms with E-state index in [0.717, 1.165) is 0 Å². The van der Waals surface area contributed by atoms with E-state index < -0.39 is 44.5 Å². The molecule has 0 spiro atoms. The summed E-state index contributed by atoms with van der Waals surface area (Å²) >= 11 is 0. The molecule has 0 aliphatic rings. The fourth-order valence-corrected chi connectivity index (χ4v) is 1.41. The van der Waals surface area contributed by atoms with Gasteiger partial charge >= 0.3 is 15.6 Å². The first-order chi connectivity index (χ1) is 6.46. The molecule has 0 saturated carbocycles. The number of rotatable bonds is 5. The highest BCUT2D eigenvalue weighted by Gasteiger charge is 2.47. The van der Waals surface area contributed by atoms with Crippen molar-refractivity contribution in [2.75, 3.05) is 12.4 Å². The number of hydrogen-bond acceptors (Lipinski definition) is 6. The highest BCUT2D eigenvalue weighted by Crippen LogP contribution is 2.24. The Balaban J connectivity index is 4.10. The summed E-state index contributed by atoms with van der Waals surface area (Å²) < 4.78 is 88.6. The molecule has 92 valence electrons. The van der Waals surface area contributed by atoms with Crippen LogP contribution in [-0.4, -0.2) is 39.3 Å². The van der Waals surface area contributed by atoms with Crippen LogP contribution in [0.15, 0.2) is 0 Å². The number of halogens is 3. The Kier molecular flexibility index (Phi) is 4.51. The largest absolute Gasteiger partial charge is 0.748 e. The maximum Gasteiger partial charge on any atom is 0.523 e. The van der Waals surface area contributed by atoms with Crippen LogP contribution in [0, 0.1) is 0 Å². The molecular weight excluding hydrogens is 265 g/mol. The van der Waals surface area contributed by atoms with Crippen LogP contribution >= 0.6 is 0 Å². The second kappa shape index (κ2) is 4.63. The van der Waals surface area contributed by atoms with Crippen LogP contribution in [0.2, 0.25) is 0 Å². The molecule has 0 N–H and O–H groups in total. The number of alkyl halides is 3. The van der Waals surface area contributed by atoms with E-state index in [-0.39, 0.29) is 0 Å². The van der Waals surface area contributed by atoms with E-state index in [1.54, 1.807) is 0 Å². The van der Waals surface area contributed by atoms with Crippen LogP contribution in [0.5, 0.6) is 0 Å². The van der Waals surface area contributed by atoms with Gasteiger partial charge in [0.05, 0.1) is 16.7 Å². The lowest BCUT2D eigenvalue weighted by atomic mass is 10.5. The van der Waals surface area contributed by atoms with E-state index >= 15 is 0 Å². The van der Waals surface area contributed by atoms with Gasteiger partial charge in [-0.25, -0.2) is 8.42 Å². The van der Waals surface area contributed by atoms with Crippen molar-refractivity contribution >= 4 is 20.2 Å². The van der Waals surface area contributed by atoms with E-state index in [1.807, 2.05) is 0 Å². The summed E-state index contributed by atoms with van der Waals surface area (Å²) in [5.74, 6) is -0.986. The second-order valence-electron chi connectivity index (χ2n) is 2.34. The van der Waals surface area contributed by atoms with E-state index in [1.165, 1.54) is 0 Å². The fourth-order valence-electron chi connectivity index (χ4n) is 0.471. The third kappa shape index (κ3) is 5.92. The van der Waals surface area contributed by atoms with Crippen molar-refractivity contribution in [1.29, 1.82) is 0 Å². The summed E-state index contributed by atoms with van der Waals surface area (Å²) in [6, 6.07) is 0. The van der Waals surface area contributed by atoms with Gasteiger partial charge in [-0.2, -0.15) is 21.6 Å². The van der Waals surface area contributed by atoms with Crippen LogP contribution in [0.1, 0.15) is 6.42 Å². The monoisotopic (exact) mass is 271 g/mol. The van der Waals surface area contributed by atoms with Gasteiger partial charge in [-0.15, -0.1) is 0 Å². The number of hydrogen-bond donors (Lipinski definition) is 0. The summed E-state index contributed by atoms with van der Waals surface area (Å²) in [5, 5.41) is 0. The van der Waals surface area contributed by atoms with Crippen LogP contribution in [0.4, 0.5) is 13.2 Å². The van der Waals surface area contributed by atoms with Gasteiger partial charge in [-0.05, 0) is 6.42 Å². The zero-order valence-corrected chi connectivity index (χ0v) is 8.65. The van der Waals surface area contributed by atoms with E-state index in [9.17, 15) is 34.6 Å². The molecule has 0 bridgehead atoms. The lowest BCUT2D eigenvalue weighted by Gasteiger charge is -2.09. The summed E-state index contributed by atoms with van der Waals surface area (Å²) in [4.78, 5) is 0. The summed E-state index contributed by atoms with van der Waals surface area (Å²) in [6.45, 7) is -1.01. The second-order valence-corrected chi connectivity index (χ2v) is 5.47. The first-order valence-electron chi connectivity index (χ1n) is 3.35. The van der Waals surface area contributed by atoms with Crippen LogP contribution in [0.25, 0.3) is 0 Å². The zero-order valence-electron chi connectivity index (χ0n) is 7.02. The van der Waals surface area contributed by atoms with Gasteiger partial charge in [0.1, 0.15) is 0 Å². The Labute approximate surface area is 83.9 Å². The molecule has 0 aromatic rings. The fraction of sp³-hybridized carbons (Fsp3) is 1.00. The van der Waals surface area contributed by atoms with Crippen molar-refractivity contribution in [3.63, 3.8) is 0 Å². The highest BCUT2D eigenvalue weighted by atomic mass is 32.2. The Bertz CT molecular complexity index is 393. The van der Waals surface area contributed by atoms with Crippen LogP contribution in [-0.2, 0) is 24.4 Å². The quantitative estimate of drug-likeness (QED) is 0.297. The molecule has 15 heavy (non-hydrogen) atoms. The Morgan fingerprint density at radius 1 is 1.13 bits per heavy atom. The summed E-state index contributed by atoms with van der Waals surface area (Å²) in [5.41, 5.74) is -5.55. The molecule has 0 unspecified atom stereocenters. The third-order valence-corrected chi connectivity index (χ3v) is 2.89. The lowest BCUT2D eigenvalue weighted by Crippen LogP contribution is -2.26. The van der Waals surface area contributed by atoms with Gasteiger partial charge < -0.3 is 4.55 Å². The Hall–Kier alpha value is -0.390. The molecule has 0 aliphatic carbocycles. The molecule has 0 rings (SSSR count). The van der Waals surface area contributed by atoms with Crippen molar-refractivity contribution in [3.8, 4) is 0 Å². The molecule has 0 aliphatic heterocycles. The Morgan fingerprint density at radius 2 is 1.60 bits per heavy atom. The Morgan fingerprint density at radius 3 is 1.93 bits per heavy atom. The van der Waals surface area contributed by atoms with Crippen LogP contribution < -0.4 is 0 Å². The van der Waals surface area contributed by atoms with Crippen molar-refractivity contribution < 1.29 is 38.7 Å². The molecule has 11 heteroatoms. The topological polar surface area (TPSA) is 101 Å². The van der Waals surface area contributed by atoms with E-state index in [2.05, 4.69) is 4.18 Å². The van der Waals surface area contributed by atoms with Gasteiger partial charge in [-0.1, -0.05) is 0 Å². The van der Waals surface area contributed by atoms with Gasteiger partial charge in [0.25, 0.3) is 0 Å². The van der Waals surface area contributed by atoms with Crippen molar-refractivity contribution in [2.24, 2.45) is 0 Å². The third-order valence-electron chi connectivity index (χ3n) is 1.06. The average molecular weight is 271 g/mol. The molecule has 0 fully saturated rings. The minimum atomic E-state index is -5.71. The predicted octanol–water partition coefficient (Wildman–Crippen LogP) is -0.212. The molecular formula is C4H6F3O6S2-. The van der Waals surface area contributed by atoms with Crippen molar-refractivity contribution in [3.05, 3.63) is 0 Å². The molecule has 0 heterocycles. The molecule has 0 amide bonds. The first kappa shape index (κ1) is 14.6. The zero-order chi connectivity index (χ0) is 12.3. The summed E-state index contributed by atoms with van der Waals surface area (Å²) in [6.07, 6.45) is -0.624. The predicted molar refractivity (Wildman–Crippen MR) is 40.1 cm³/mol. The minimum Gasteiger partial charge on any atom is -0.748 e. The average Bonchev–Trinajstić information content (AvgIpc) is 1.94. The SMILES string of the molecule is O=S(=O)([O-])CCCOS(=O)(=O)C(F)(F)F. The standard InChI is InChI=1S/C4H7F3O6S2/c5-4(6,7)15(11,12)13-2-1-3-14(8,9)10/h1-3H2,(H,8,9,10)/p-1. The molecule has 0 aromatic carbocycles. The van der Waals surface area contributed by atoms with Crippen molar-refractivity contribution in [1.82, 2.24) is 0 Å². The van der Waals surface area contributed by atoms with E-state index in [4.69, 9.17) is 0 Å². The summed E-state index contributed by atoms with van der Waals surface area (Å²) in [7, 11) is -10.3. The maximum absolute atomic E-state index is 11.6. The molecule has 0 atom stereocenters. The highest BCUT2D eigenvalue weighted by molar-refractivity contribution is 7.87. The molecule has 0 radical (unpaired) electrons. The van der Waals surface area contributed by atoms with Gasteiger partial charge in [0.15, 0.2) is 0 Å². The van der Waals surface area contributed by atoms with Gasteiger partial charge in [-0.3, -0.25) is 4.18 Å². The van der Waals surface area contributed by atoms with Gasteiger partial charge in [0, 0.05) is 5.75 Å². The first-order valence-corrected chi connectivity index (χ1v) is 6.33. The molecule has 0 aromatic heterocycles. The minimum absolute atomic E-state index is 0.624. The van der Waals surface area contributed by atoms with E-state index in [0.29, 0.717) is 0 Å². The molecule has 6 nitrogen and oxygen atoms in total. The van der Waals surface area contributed by atoms with Crippen molar-refractivity contribution in [2.45, 2.75) is 11.9 Å². The molecule has 0 saturated heterocycles. The lowest BCUT2D eigenvalue weighted by molar-refractivity contribution is -0.0541.